The summed E-state index contributed by atoms with van der Waals surface area (Å²) in [6.45, 7) is 2.24. The Morgan fingerprint density at radius 2 is 1.47 bits per heavy atom. The van der Waals surface area contributed by atoms with Crippen LogP contribution in [0.25, 0.3) is 0 Å². The van der Waals surface area contributed by atoms with Crippen LogP contribution in [0.15, 0.2) is 24.3 Å². The number of aldehydes is 1. The molecule has 86 valence electrons. The first-order valence-corrected chi connectivity index (χ1v) is 6.17. The third kappa shape index (κ3) is 13.2. The molecule has 0 heterocycles. The normalized spacial score (nSPS) is 11.5. The van der Waals surface area contributed by atoms with E-state index in [9.17, 15) is 4.79 Å². The second-order valence-electron chi connectivity index (χ2n) is 3.82. The Balaban J connectivity index is 3.10. The van der Waals surface area contributed by atoms with Gasteiger partial charge in [0.15, 0.2) is 0 Å². The van der Waals surface area contributed by atoms with Crippen LogP contribution < -0.4 is 0 Å². The van der Waals surface area contributed by atoms with E-state index in [4.69, 9.17) is 0 Å². The minimum atomic E-state index is 0.837. The maximum atomic E-state index is 9.96. The van der Waals surface area contributed by atoms with E-state index in [1.165, 1.54) is 32.1 Å². The van der Waals surface area contributed by atoms with Gasteiger partial charge in [-0.2, -0.15) is 0 Å². The molecule has 0 rings (SSSR count). The van der Waals surface area contributed by atoms with E-state index < -0.39 is 0 Å². The molecule has 0 atom stereocenters. The Hall–Kier alpha value is -0.850. The summed E-state index contributed by atoms with van der Waals surface area (Å²) >= 11 is 0. The molecule has 0 radical (unpaired) electrons. The van der Waals surface area contributed by atoms with Crippen molar-refractivity contribution in [2.45, 2.75) is 58.3 Å². The number of hydrogen-bond donors (Lipinski definition) is 0. The van der Waals surface area contributed by atoms with Gasteiger partial charge in [-0.3, -0.25) is 4.79 Å². The first-order chi connectivity index (χ1) is 7.41. The SMILES string of the molecule is CCCCCC/C=C\CCC/C=C/C=O. The highest BCUT2D eigenvalue weighted by atomic mass is 16.1. The molecule has 0 unspecified atom stereocenters. The Kier molecular flexibility index (Phi) is 12.4. The Labute approximate surface area is 94.3 Å². The van der Waals surface area contributed by atoms with Crippen molar-refractivity contribution in [2.24, 2.45) is 0 Å². The van der Waals surface area contributed by atoms with Gasteiger partial charge in [0, 0.05) is 0 Å². The van der Waals surface area contributed by atoms with Crippen LogP contribution in [-0.4, -0.2) is 6.29 Å². The van der Waals surface area contributed by atoms with Crippen LogP contribution in [0.1, 0.15) is 58.3 Å². The second kappa shape index (κ2) is 13.2. The van der Waals surface area contributed by atoms with Gasteiger partial charge in [-0.25, -0.2) is 0 Å². The van der Waals surface area contributed by atoms with Crippen molar-refractivity contribution in [1.82, 2.24) is 0 Å². The highest BCUT2D eigenvalue weighted by molar-refractivity contribution is 5.64. The van der Waals surface area contributed by atoms with Crippen molar-refractivity contribution in [3.05, 3.63) is 24.3 Å². The zero-order chi connectivity index (χ0) is 11.2. The molecular weight excluding hydrogens is 184 g/mol. The van der Waals surface area contributed by atoms with Crippen LogP contribution in [0.2, 0.25) is 0 Å². The van der Waals surface area contributed by atoms with Gasteiger partial charge < -0.3 is 0 Å². The first-order valence-electron chi connectivity index (χ1n) is 6.17. The van der Waals surface area contributed by atoms with Crippen LogP contribution in [0.4, 0.5) is 0 Å². The van der Waals surface area contributed by atoms with Gasteiger partial charge in [-0.05, 0) is 38.2 Å². The average Bonchev–Trinajstić information content (AvgIpc) is 2.26. The predicted octanol–water partition coefficient (Wildman–Crippen LogP) is 4.44. The molecule has 0 aromatic rings. The monoisotopic (exact) mass is 208 g/mol. The van der Waals surface area contributed by atoms with Crippen LogP contribution in [0.5, 0.6) is 0 Å². The molecule has 0 fully saturated rings. The lowest BCUT2D eigenvalue weighted by atomic mass is 10.1. The van der Waals surface area contributed by atoms with E-state index in [0.717, 1.165) is 25.5 Å². The van der Waals surface area contributed by atoms with Gasteiger partial charge in [-0.15, -0.1) is 0 Å². The molecule has 0 spiro atoms. The summed E-state index contributed by atoms with van der Waals surface area (Å²) in [5, 5.41) is 0. The molecule has 0 aromatic carbocycles. The van der Waals surface area contributed by atoms with Crippen LogP contribution >= 0.6 is 0 Å². The Bertz CT molecular complexity index is 180. The third-order valence-corrected chi connectivity index (χ3v) is 2.35. The van der Waals surface area contributed by atoms with Gasteiger partial charge in [-0.1, -0.05) is 44.4 Å². The van der Waals surface area contributed by atoms with Gasteiger partial charge >= 0.3 is 0 Å². The molecule has 1 heteroatoms. The molecule has 0 aliphatic carbocycles. The molecule has 15 heavy (non-hydrogen) atoms. The van der Waals surface area contributed by atoms with Crippen molar-refractivity contribution in [2.75, 3.05) is 0 Å². The Morgan fingerprint density at radius 3 is 2.13 bits per heavy atom. The molecule has 0 bridgehead atoms. The topological polar surface area (TPSA) is 17.1 Å². The molecule has 0 aliphatic rings. The summed E-state index contributed by atoms with van der Waals surface area (Å²) < 4.78 is 0. The van der Waals surface area contributed by atoms with Crippen molar-refractivity contribution >= 4 is 6.29 Å². The minimum absolute atomic E-state index is 0.837. The maximum absolute atomic E-state index is 9.96. The van der Waals surface area contributed by atoms with Crippen molar-refractivity contribution in [3.8, 4) is 0 Å². The van der Waals surface area contributed by atoms with E-state index in [0.29, 0.717) is 0 Å². The fourth-order valence-corrected chi connectivity index (χ4v) is 1.43. The lowest BCUT2D eigenvalue weighted by Gasteiger charge is -1.94. The molecule has 1 nitrogen and oxygen atoms in total. The van der Waals surface area contributed by atoms with Crippen LogP contribution in [0, 0.1) is 0 Å². The van der Waals surface area contributed by atoms with E-state index >= 15 is 0 Å². The molecule has 0 N–H and O–H groups in total. The second-order valence-corrected chi connectivity index (χ2v) is 3.82. The number of allylic oxidation sites excluding steroid dienone is 4. The largest absolute Gasteiger partial charge is 0.299 e. The highest BCUT2D eigenvalue weighted by Crippen LogP contribution is 2.04. The van der Waals surface area contributed by atoms with Gasteiger partial charge in [0.05, 0.1) is 0 Å². The minimum Gasteiger partial charge on any atom is -0.299 e. The lowest BCUT2D eigenvalue weighted by Crippen LogP contribution is -1.74. The zero-order valence-corrected chi connectivity index (χ0v) is 9.95. The van der Waals surface area contributed by atoms with E-state index in [2.05, 4.69) is 19.1 Å². The lowest BCUT2D eigenvalue weighted by molar-refractivity contribution is -0.104. The standard InChI is InChI=1S/C14H24O/c1-2-3-4-5-6-7-8-9-10-11-12-13-14-15/h7-8,12-14H,2-6,9-11H2,1H3/b8-7-,13-12+. The number of carbonyl (C=O) groups excluding carboxylic acids is 1. The number of unbranched alkanes of at least 4 members (excludes halogenated alkanes) is 6. The smallest absolute Gasteiger partial charge is 0.142 e. The molecule has 0 aromatic heterocycles. The molecule has 0 saturated carbocycles. The molecule has 0 amide bonds. The van der Waals surface area contributed by atoms with Crippen LogP contribution in [-0.2, 0) is 4.79 Å². The first kappa shape index (κ1) is 14.2. The summed E-state index contributed by atoms with van der Waals surface area (Å²) in [7, 11) is 0. The third-order valence-electron chi connectivity index (χ3n) is 2.35. The van der Waals surface area contributed by atoms with Gasteiger partial charge in [0.25, 0.3) is 0 Å². The number of carbonyl (C=O) groups is 1. The van der Waals surface area contributed by atoms with Gasteiger partial charge in [0.2, 0.25) is 0 Å². The maximum Gasteiger partial charge on any atom is 0.142 e. The van der Waals surface area contributed by atoms with Crippen molar-refractivity contribution < 1.29 is 4.79 Å². The molecule has 0 aliphatic heterocycles. The Morgan fingerprint density at radius 1 is 0.800 bits per heavy atom. The summed E-state index contributed by atoms with van der Waals surface area (Å²) in [5.74, 6) is 0. The summed E-state index contributed by atoms with van der Waals surface area (Å²) in [5.41, 5.74) is 0. The van der Waals surface area contributed by atoms with E-state index in [-0.39, 0.29) is 0 Å². The average molecular weight is 208 g/mol. The number of hydrogen-bond acceptors (Lipinski definition) is 1. The summed E-state index contributed by atoms with van der Waals surface area (Å²) in [4.78, 5) is 9.96. The van der Waals surface area contributed by atoms with Crippen molar-refractivity contribution in [1.29, 1.82) is 0 Å². The summed E-state index contributed by atoms with van der Waals surface area (Å²) in [6.07, 6.45) is 18.8. The summed E-state index contributed by atoms with van der Waals surface area (Å²) in [6, 6.07) is 0. The van der Waals surface area contributed by atoms with Gasteiger partial charge in [0.1, 0.15) is 6.29 Å². The highest BCUT2D eigenvalue weighted by Gasteiger charge is 1.84. The number of rotatable bonds is 10. The van der Waals surface area contributed by atoms with E-state index in [1.54, 1.807) is 6.08 Å². The fraction of sp³-hybridized carbons (Fsp3) is 0.643. The van der Waals surface area contributed by atoms with Crippen LogP contribution in [0.3, 0.4) is 0 Å². The van der Waals surface area contributed by atoms with Crippen molar-refractivity contribution in [3.63, 3.8) is 0 Å². The van der Waals surface area contributed by atoms with E-state index in [1.807, 2.05) is 6.08 Å². The fourth-order valence-electron chi connectivity index (χ4n) is 1.43. The zero-order valence-electron chi connectivity index (χ0n) is 9.95. The predicted molar refractivity (Wildman–Crippen MR) is 67.0 cm³/mol. The molecular formula is C14H24O. The quantitative estimate of drug-likeness (QED) is 0.224. The molecule has 0 saturated heterocycles.